The largest absolute Gasteiger partial charge is 0.309 e. The van der Waals surface area contributed by atoms with Crippen LogP contribution in [-0.4, -0.2) is 13.7 Å². The maximum atomic E-state index is 2.47. The molecule has 3 heterocycles. The van der Waals surface area contributed by atoms with E-state index in [9.17, 15) is 0 Å². The van der Waals surface area contributed by atoms with Gasteiger partial charge in [0.15, 0.2) is 0 Å². The third-order valence-corrected chi connectivity index (χ3v) is 13.0. The first-order valence-electron chi connectivity index (χ1n) is 21.7. The summed E-state index contributed by atoms with van der Waals surface area (Å²) in [6.45, 7) is 0. The van der Waals surface area contributed by atoms with Crippen LogP contribution in [0.4, 0.5) is 0 Å². The lowest BCUT2D eigenvalue weighted by atomic mass is 9.99. The van der Waals surface area contributed by atoms with E-state index in [0.717, 1.165) is 17.1 Å². The van der Waals surface area contributed by atoms with E-state index in [1.807, 2.05) is 0 Å². The summed E-state index contributed by atoms with van der Waals surface area (Å²) >= 11 is 0. The van der Waals surface area contributed by atoms with E-state index < -0.39 is 0 Å². The molecular formula is C60H39N3. The molecule has 3 nitrogen and oxygen atoms in total. The molecule has 0 spiro atoms. The first-order chi connectivity index (χ1) is 31.2. The minimum atomic E-state index is 1.13. The van der Waals surface area contributed by atoms with Crippen molar-refractivity contribution in [3.63, 3.8) is 0 Å². The molecule has 3 aromatic heterocycles. The van der Waals surface area contributed by atoms with Crippen molar-refractivity contribution in [1.82, 2.24) is 13.7 Å². The van der Waals surface area contributed by atoms with Crippen LogP contribution in [0.3, 0.4) is 0 Å². The molecule has 294 valence electrons. The van der Waals surface area contributed by atoms with Crippen LogP contribution in [0.25, 0.3) is 116 Å². The van der Waals surface area contributed by atoms with Crippen LogP contribution in [0.2, 0.25) is 0 Å². The van der Waals surface area contributed by atoms with Gasteiger partial charge in [-0.05, 0) is 112 Å². The molecule has 0 aliphatic rings. The first-order valence-corrected chi connectivity index (χ1v) is 21.7. The third-order valence-electron chi connectivity index (χ3n) is 13.0. The molecule has 0 amide bonds. The van der Waals surface area contributed by atoms with Crippen LogP contribution in [0.15, 0.2) is 237 Å². The van der Waals surface area contributed by atoms with Crippen molar-refractivity contribution in [3.05, 3.63) is 237 Å². The standard InChI is InChI=1S/C60H39N3/c1-5-15-40(16-6-1)42-27-33-56-53(35-42)51-30-25-44(37-58(51)62(56)47-21-11-4-12-22-47)45-26-31-52-54-36-43(41-17-7-2-8-18-41)28-34-57(54)63(59(52)38-45)48-29-32-50-49-23-13-14-24-55(49)61(60(50)39-48)46-19-9-3-10-20-46/h1-39H. The van der Waals surface area contributed by atoms with E-state index in [1.54, 1.807) is 0 Å². The van der Waals surface area contributed by atoms with Crippen LogP contribution in [0.1, 0.15) is 0 Å². The van der Waals surface area contributed by atoms with Gasteiger partial charge in [-0.1, -0.05) is 158 Å². The minimum Gasteiger partial charge on any atom is -0.309 e. The van der Waals surface area contributed by atoms with E-state index in [-0.39, 0.29) is 0 Å². The van der Waals surface area contributed by atoms with Gasteiger partial charge in [-0.15, -0.1) is 0 Å². The third kappa shape index (κ3) is 5.60. The molecule has 0 fully saturated rings. The van der Waals surface area contributed by atoms with E-state index in [2.05, 4.69) is 250 Å². The molecule has 3 heteroatoms. The fraction of sp³-hybridized carbons (Fsp3) is 0. The average Bonchev–Trinajstić information content (AvgIpc) is 3.99. The molecule has 63 heavy (non-hydrogen) atoms. The van der Waals surface area contributed by atoms with Gasteiger partial charge in [0.05, 0.1) is 33.1 Å². The number of fused-ring (bicyclic) bond motifs is 9. The normalized spacial score (nSPS) is 11.8. The number of aromatic nitrogens is 3. The Morgan fingerprint density at radius 2 is 0.524 bits per heavy atom. The molecule has 0 saturated carbocycles. The van der Waals surface area contributed by atoms with Crippen molar-refractivity contribution in [3.8, 4) is 50.4 Å². The lowest BCUT2D eigenvalue weighted by molar-refractivity contribution is 1.15. The molecule has 0 radical (unpaired) electrons. The molecule has 0 unspecified atom stereocenters. The molecule has 0 atom stereocenters. The zero-order valence-corrected chi connectivity index (χ0v) is 34.4. The molecule has 0 N–H and O–H groups in total. The van der Waals surface area contributed by atoms with Crippen molar-refractivity contribution >= 4 is 65.4 Å². The Morgan fingerprint density at radius 3 is 1.05 bits per heavy atom. The number of benzene rings is 10. The Kier molecular flexibility index (Phi) is 7.91. The van der Waals surface area contributed by atoms with Gasteiger partial charge in [0.1, 0.15) is 0 Å². The van der Waals surface area contributed by atoms with Crippen molar-refractivity contribution in [1.29, 1.82) is 0 Å². The van der Waals surface area contributed by atoms with Gasteiger partial charge in [-0.25, -0.2) is 0 Å². The summed E-state index contributed by atoms with van der Waals surface area (Å²) in [6.07, 6.45) is 0. The summed E-state index contributed by atoms with van der Waals surface area (Å²) in [5.74, 6) is 0. The second kappa shape index (κ2) is 14.1. The van der Waals surface area contributed by atoms with E-state index in [1.165, 1.54) is 98.8 Å². The highest BCUT2D eigenvalue weighted by Gasteiger charge is 2.19. The fourth-order valence-electron chi connectivity index (χ4n) is 10.1. The summed E-state index contributed by atoms with van der Waals surface area (Å²) in [7, 11) is 0. The van der Waals surface area contributed by atoms with Gasteiger partial charge >= 0.3 is 0 Å². The lowest BCUT2D eigenvalue weighted by Crippen LogP contribution is -1.97. The fourth-order valence-corrected chi connectivity index (χ4v) is 10.1. The number of hydrogen-bond acceptors (Lipinski definition) is 0. The highest BCUT2D eigenvalue weighted by molar-refractivity contribution is 6.14. The van der Waals surface area contributed by atoms with E-state index in [0.29, 0.717) is 0 Å². The minimum absolute atomic E-state index is 1.13. The predicted octanol–water partition coefficient (Wildman–Crippen LogP) is 16.0. The Morgan fingerprint density at radius 1 is 0.175 bits per heavy atom. The van der Waals surface area contributed by atoms with Crippen molar-refractivity contribution in [2.24, 2.45) is 0 Å². The first kappa shape index (κ1) is 35.4. The van der Waals surface area contributed by atoms with Crippen molar-refractivity contribution in [2.45, 2.75) is 0 Å². The summed E-state index contributed by atoms with van der Waals surface area (Å²) < 4.78 is 7.30. The van der Waals surface area contributed by atoms with E-state index >= 15 is 0 Å². The van der Waals surface area contributed by atoms with Gasteiger partial charge < -0.3 is 13.7 Å². The Hall–Kier alpha value is -8.40. The second-order valence-electron chi connectivity index (χ2n) is 16.6. The zero-order valence-electron chi connectivity index (χ0n) is 34.4. The second-order valence-corrected chi connectivity index (χ2v) is 16.6. The quantitative estimate of drug-likeness (QED) is 0.159. The monoisotopic (exact) mass is 801 g/mol. The summed E-state index contributed by atoms with van der Waals surface area (Å²) in [4.78, 5) is 0. The Labute approximate surface area is 364 Å². The van der Waals surface area contributed by atoms with Gasteiger partial charge in [0.25, 0.3) is 0 Å². The molecule has 0 saturated heterocycles. The smallest absolute Gasteiger partial charge is 0.0561 e. The molecular weight excluding hydrogens is 763 g/mol. The van der Waals surface area contributed by atoms with E-state index in [4.69, 9.17) is 0 Å². The number of nitrogens with zero attached hydrogens (tertiary/aromatic N) is 3. The van der Waals surface area contributed by atoms with Crippen LogP contribution in [0.5, 0.6) is 0 Å². The van der Waals surface area contributed by atoms with Gasteiger partial charge in [0.2, 0.25) is 0 Å². The highest BCUT2D eigenvalue weighted by atomic mass is 15.0. The molecule has 13 aromatic rings. The maximum absolute atomic E-state index is 2.47. The van der Waals surface area contributed by atoms with Crippen LogP contribution >= 0.6 is 0 Å². The van der Waals surface area contributed by atoms with Crippen LogP contribution in [-0.2, 0) is 0 Å². The van der Waals surface area contributed by atoms with Gasteiger partial charge in [0, 0.05) is 49.4 Å². The molecule has 0 aliphatic carbocycles. The summed E-state index contributed by atoms with van der Waals surface area (Å²) in [5.41, 5.74) is 17.7. The SMILES string of the molecule is c1ccc(-c2ccc3c(c2)c2ccc(-c4ccc5c6cc(-c7ccccc7)ccc6n(-c6ccc7c8ccccc8n(-c8ccccc8)c7c6)c5c4)cc2n3-c2ccccc2)cc1. The molecule has 10 aromatic carbocycles. The van der Waals surface area contributed by atoms with Crippen molar-refractivity contribution < 1.29 is 0 Å². The lowest BCUT2D eigenvalue weighted by Gasteiger charge is -2.12. The predicted molar refractivity (Wildman–Crippen MR) is 266 cm³/mol. The average molecular weight is 802 g/mol. The number of para-hydroxylation sites is 3. The summed E-state index contributed by atoms with van der Waals surface area (Å²) in [5, 5.41) is 7.43. The Bertz CT molecular complexity index is 3870. The van der Waals surface area contributed by atoms with Gasteiger partial charge in [-0.2, -0.15) is 0 Å². The zero-order chi connectivity index (χ0) is 41.4. The molecule has 0 bridgehead atoms. The van der Waals surface area contributed by atoms with Gasteiger partial charge in [-0.3, -0.25) is 0 Å². The summed E-state index contributed by atoms with van der Waals surface area (Å²) in [6, 6.07) is 86.5. The maximum Gasteiger partial charge on any atom is 0.0561 e. The molecule has 0 aliphatic heterocycles. The highest BCUT2D eigenvalue weighted by Crippen LogP contribution is 2.41. The number of hydrogen-bond donors (Lipinski definition) is 0. The van der Waals surface area contributed by atoms with Crippen LogP contribution < -0.4 is 0 Å². The van der Waals surface area contributed by atoms with Crippen molar-refractivity contribution in [2.75, 3.05) is 0 Å². The topological polar surface area (TPSA) is 14.8 Å². The Balaban J connectivity index is 1.05. The number of rotatable bonds is 6. The molecule has 13 rings (SSSR count). The van der Waals surface area contributed by atoms with Crippen LogP contribution in [0, 0.1) is 0 Å².